The monoisotopic (exact) mass is 264 g/mol. The highest BCUT2D eigenvalue weighted by molar-refractivity contribution is 5.94. The Morgan fingerprint density at radius 1 is 1.47 bits per heavy atom. The molecule has 0 radical (unpaired) electrons. The molecule has 2 rings (SSSR count). The van der Waals surface area contributed by atoms with E-state index in [1.807, 2.05) is 32.9 Å². The molecule has 0 spiro atoms. The Kier molecular flexibility index (Phi) is 3.93. The second kappa shape index (κ2) is 5.47. The summed E-state index contributed by atoms with van der Waals surface area (Å²) in [6.45, 7) is 6.30. The van der Waals surface area contributed by atoms with E-state index < -0.39 is 6.04 Å². The lowest BCUT2D eigenvalue weighted by atomic mass is 9.96. The van der Waals surface area contributed by atoms with Crippen LogP contribution in [0.15, 0.2) is 16.5 Å². The highest BCUT2D eigenvalue weighted by Crippen LogP contribution is 2.17. The maximum atomic E-state index is 12.4. The molecule has 5 heteroatoms. The minimum Gasteiger partial charge on any atom is -0.464 e. The van der Waals surface area contributed by atoms with E-state index in [1.165, 1.54) is 0 Å². The minimum atomic E-state index is -0.415. The number of piperazine rings is 1. The Morgan fingerprint density at radius 3 is 2.79 bits per heavy atom. The summed E-state index contributed by atoms with van der Waals surface area (Å²) < 4.78 is 5.47. The predicted octanol–water partition coefficient (Wildman–Crippen LogP) is 1.46. The SMILES string of the molecule is CCC(C)C1NC(=O)CN(Cc2ccc(C)o2)C1=O. The zero-order valence-electron chi connectivity index (χ0n) is 11.6. The van der Waals surface area contributed by atoms with E-state index in [2.05, 4.69) is 5.32 Å². The molecule has 2 unspecified atom stereocenters. The second-order valence-corrected chi connectivity index (χ2v) is 5.14. The first kappa shape index (κ1) is 13.6. The number of nitrogens with zero attached hydrogens (tertiary/aromatic N) is 1. The number of furan rings is 1. The molecule has 5 nitrogen and oxygen atoms in total. The van der Waals surface area contributed by atoms with Crippen LogP contribution in [0.25, 0.3) is 0 Å². The van der Waals surface area contributed by atoms with Crippen LogP contribution in [0.3, 0.4) is 0 Å². The fourth-order valence-electron chi connectivity index (χ4n) is 2.24. The number of hydrogen-bond acceptors (Lipinski definition) is 3. The van der Waals surface area contributed by atoms with Gasteiger partial charge in [0.05, 0.1) is 6.54 Å². The van der Waals surface area contributed by atoms with Crippen molar-refractivity contribution >= 4 is 11.8 Å². The van der Waals surface area contributed by atoms with Crippen LogP contribution < -0.4 is 5.32 Å². The molecule has 0 aliphatic carbocycles. The first-order valence-corrected chi connectivity index (χ1v) is 6.64. The molecule has 1 aliphatic rings. The molecule has 1 aromatic heterocycles. The summed E-state index contributed by atoms with van der Waals surface area (Å²) in [4.78, 5) is 25.6. The van der Waals surface area contributed by atoms with Crippen molar-refractivity contribution < 1.29 is 14.0 Å². The summed E-state index contributed by atoms with van der Waals surface area (Å²) in [5.41, 5.74) is 0. The summed E-state index contributed by atoms with van der Waals surface area (Å²) in [7, 11) is 0. The molecule has 2 heterocycles. The third-order valence-corrected chi connectivity index (χ3v) is 3.58. The van der Waals surface area contributed by atoms with Gasteiger partial charge in [-0.15, -0.1) is 0 Å². The Balaban J connectivity index is 2.11. The average Bonchev–Trinajstić information content (AvgIpc) is 2.78. The van der Waals surface area contributed by atoms with Gasteiger partial charge in [-0.2, -0.15) is 0 Å². The fraction of sp³-hybridized carbons (Fsp3) is 0.571. The molecule has 104 valence electrons. The quantitative estimate of drug-likeness (QED) is 0.895. The van der Waals surface area contributed by atoms with E-state index in [9.17, 15) is 9.59 Å². The van der Waals surface area contributed by atoms with Crippen LogP contribution >= 0.6 is 0 Å². The van der Waals surface area contributed by atoms with Crippen molar-refractivity contribution in [2.24, 2.45) is 5.92 Å². The molecular weight excluding hydrogens is 244 g/mol. The molecule has 0 saturated carbocycles. The number of aryl methyl sites for hydroxylation is 1. The van der Waals surface area contributed by atoms with Gasteiger partial charge in [0.25, 0.3) is 0 Å². The minimum absolute atomic E-state index is 0.0250. The van der Waals surface area contributed by atoms with Crippen LogP contribution in [0.1, 0.15) is 31.8 Å². The number of amides is 2. The molecule has 2 amide bonds. The molecule has 1 aromatic rings. The highest BCUT2D eigenvalue weighted by Gasteiger charge is 2.35. The maximum absolute atomic E-state index is 12.4. The van der Waals surface area contributed by atoms with E-state index in [0.29, 0.717) is 12.3 Å². The third-order valence-electron chi connectivity index (χ3n) is 3.58. The number of rotatable bonds is 4. The molecule has 0 bridgehead atoms. The van der Waals surface area contributed by atoms with E-state index in [-0.39, 0.29) is 24.3 Å². The van der Waals surface area contributed by atoms with E-state index in [0.717, 1.165) is 12.2 Å². The Labute approximate surface area is 113 Å². The van der Waals surface area contributed by atoms with Crippen molar-refractivity contribution in [2.75, 3.05) is 6.54 Å². The highest BCUT2D eigenvalue weighted by atomic mass is 16.3. The maximum Gasteiger partial charge on any atom is 0.246 e. The van der Waals surface area contributed by atoms with Crippen molar-refractivity contribution in [1.29, 1.82) is 0 Å². The van der Waals surface area contributed by atoms with Crippen molar-refractivity contribution in [3.8, 4) is 0 Å². The molecule has 2 atom stereocenters. The van der Waals surface area contributed by atoms with Crippen LogP contribution in [0, 0.1) is 12.8 Å². The van der Waals surface area contributed by atoms with Gasteiger partial charge in [0.2, 0.25) is 11.8 Å². The van der Waals surface area contributed by atoms with E-state index >= 15 is 0 Å². The first-order chi connectivity index (χ1) is 9.01. The molecule has 1 fully saturated rings. The first-order valence-electron chi connectivity index (χ1n) is 6.64. The molecule has 1 aliphatic heterocycles. The molecule has 1 saturated heterocycles. The van der Waals surface area contributed by atoms with Crippen LogP contribution in [-0.4, -0.2) is 29.3 Å². The van der Waals surface area contributed by atoms with Crippen LogP contribution in [0.4, 0.5) is 0 Å². The summed E-state index contributed by atoms with van der Waals surface area (Å²) >= 11 is 0. The lowest BCUT2D eigenvalue weighted by Gasteiger charge is -2.34. The summed E-state index contributed by atoms with van der Waals surface area (Å²) in [5, 5.41) is 2.78. The average molecular weight is 264 g/mol. The Bertz CT molecular complexity index is 481. The van der Waals surface area contributed by atoms with Gasteiger partial charge in [0, 0.05) is 0 Å². The van der Waals surface area contributed by atoms with Gasteiger partial charge in [0.15, 0.2) is 0 Å². The van der Waals surface area contributed by atoms with Gasteiger partial charge in [0.1, 0.15) is 24.1 Å². The third kappa shape index (κ3) is 2.97. The van der Waals surface area contributed by atoms with Gasteiger partial charge < -0.3 is 14.6 Å². The van der Waals surface area contributed by atoms with Crippen molar-refractivity contribution in [2.45, 2.75) is 39.8 Å². The van der Waals surface area contributed by atoms with Gasteiger partial charge in [-0.25, -0.2) is 0 Å². The van der Waals surface area contributed by atoms with E-state index in [4.69, 9.17) is 4.42 Å². The summed E-state index contributed by atoms with van der Waals surface area (Å²) in [5.74, 6) is 1.53. The lowest BCUT2D eigenvalue weighted by molar-refractivity contribution is -0.146. The van der Waals surface area contributed by atoms with Gasteiger partial charge in [-0.05, 0) is 25.0 Å². The van der Waals surface area contributed by atoms with Gasteiger partial charge in [-0.1, -0.05) is 20.3 Å². The van der Waals surface area contributed by atoms with E-state index in [1.54, 1.807) is 4.90 Å². The molecule has 1 N–H and O–H groups in total. The van der Waals surface area contributed by atoms with Crippen molar-refractivity contribution in [3.63, 3.8) is 0 Å². The van der Waals surface area contributed by atoms with Gasteiger partial charge >= 0.3 is 0 Å². The number of hydrogen-bond donors (Lipinski definition) is 1. The lowest BCUT2D eigenvalue weighted by Crippen LogP contribution is -2.59. The standard InChI is InChI=1S/C14H20N2O3/c1-4-9(2)13-14(18)16(8-12(17)15-13)7-11-6-5-10(3)19-11/h5-6,9,13H,4,7-8H2,1-3H3,(H,15,17). The van der Waals surface area contributed by atoms with Gasteiger partial charge in [-0.3, -0.25) is 9.59 Å². The second-order valence-electron chi connectivity index (χ2n) is 5.14. The summed E-state index contributed by atoms with van der Waals surface area (Å²) in [6.07, 6.45) is 0.852. The van der Waals surface area contributed by atoms with Crippen LogP contribution in [0.5, 0.6) is 0 Å². The van der Waals surface area contributed by atoms with Crippen LogP contribution in [-0.2, 0) is 16.1 Å². The van der Waals surface area contributed by atoms with Crippen molar-refractivity contribution in [1.82, 2.24) is 10.2 Å². The van der Waals surface area contributed by atoms with Crippen LogP contribution in [0.2, 0.25) is 0 Å². The topological polar surface area (TPSA) is 62.6 Å². The molecular formula is C14H20N2O3. The number of carbonyl (C=O) groups is 2. The summed E-state index contributed by atoms with van der Waals surface area (Å²) in [6, 6.07) is 3.28. The Hall–Kier alpha value is -1.78. The fourth-order valence-corrected chi connectivity index (χ4v) is 2.24. The largest absolute Gasteiger partial charge is 0.464 e. The zero-order valence-corrected chi connectivity index (χ0v) is 11.6. The molecule has 0 aromatic carbocycles. The molecule has 19 heavy (non-hydrogen) atoms. The normalized spacial score (nSPS) is 21.4. The number of carbonyl (C=O) groups excluding carboxylic acids is 2. The zero-order chi connectivity index (χ0) is 14.0. The Morgan fingerprint density at radius 2 is 2.21 bits per heavy atom. The van der Waals surface area contributed by atoms with Crippen molar-refractivity contribution in [3.05, 3.63) is 23.7 Å². The predicted molar refractivity (Wildman–Crippen MR) is 70.2 cm³/mol. The smallest absolute Gasteiger partial charge is 0.246 e. The number of nitrogens with one attached hydrogen (secondary N) is 1.